The van der Waals surface area contributed by atoms with E-state index in [2.05, 4.69) is 0 Å². The fourth-order valence-corrected chi connectivity index (χ4v) is 0. The molecule has 0 fully saturated rings. The van der Waals surface area contributed by atoms with Gasteiger partial charge in [0, 0.05) is 22.4 Å². The first-order valence-electron chi connectivity index (χ1n) is 1.13. The van der Waals surface area contributed by atoms with Crippen LogP contribution in [0.4, 0.5) is 26.3 Å². The fourth-order valence-electron chi connectivity index (χ4n) is 0. The van der Waals surface area contributed by atoms with E-state index in [1.807, 2.05) is 0 Å². The summed E-state index contributed by atoms with van der Waals surface area (Å²) < 4.78 is 57.5. The van der Waals surface area contributed by atoms with Crippen LogP contribution in [0.15, 0.2) is 0 Å². The molecule has 0 aromatic carbocycles. The van der Waals surface area contributed by atoms with Gasteiger partial charge in [0.15, 0.2) is 13.4 Å². The van der Waals surface area contributed by atoms with Gasteiger partial charge in [0.1, 0.15) is 0 Å². The molecule has 0 nitrogen and oxygen atoms in total. The summed E-state index contributed by atoms with van der Waals surface area (Å²) >= 11 is 0. The molecule has 0 rings (SSSR count). The van der Waals surface area contributed by atoms with Crippen molar-refractivity contribution in [2.75, 3.05) is 0 Å². The van der Waals surface area contributed by atoms with Gasteiger partial charge < -0.3 is 26.3 Å². The molecule has 0 aromatic heterocycles. The van der Waals surface area contributed by atoms with Crippen LogP contribution in [0.3, 0.4) is 0 Å². The van der Waals surface area contributed by atoms with E-state index < -0.39 is 13.4 Å². The van der Waals surface area contributed by atoms with Gasteiger partial charge >= 0.3 is 0 Å². The van der Waals surface area contributed by atoms with Crippen LogP contribution < -0.4 is 0 Å². The smallest absolute Gasteiger partial charge is 0.154 e. The van der Waals surface area contributed by atoms with Crippen molar-refractivity contribution in [3.8, 4) is 0 Å². The molecule has 0 aliphatic carbocycles. The Morgan fingerprint density at radius 2 is 0.556 bits per heavy atom. The van der Waals surface area contributed by atoms with Crippen molar-refractivity contribution >= 4 is 0 Å². The maximum atomic E-state index is 9.58. The summed E-state index contributed by atoms with van der Waals surface area (Å²) in [5.41, 5.74) is 0. The van der Waals surface area contributed by atoms with Crippen molar-refractivity contribution in [3.05, 3.63) is 13.4 Å². The van der Waals surface area contributed by atoms with Crippen molar-refractivity contribution in [1.82, 2.24) is 0 Å². The van der Waals surface area contributed by atoms with E-state index in [1.54, 1.807) is 0 Å². The van der Waals surface area contributed by atoms with Crippen molar-refractivity contribution in [3.63, 3.8) is 0 Å². The third kappa shape index (κ3) is 3240. The molecule has 0 aromatic rings. The van der Waals surface area contributed by atoms with Gasteiger partial charge in [-0.2, -0.15) is 0 Å². The van der Waals surface area contributed by atoms with Crippen LogP contribution >= 0.6 is 0 Å². The van der Waals surface area contributed by atoms with Gasteiger partial charge in [-0.1, -0.05) is 0 Å². The Morgan fingerprint density at radius 1 is 0.556 bits per heavy atom. The zero-order valence-corrected chi connectivity index (χ0v) is 5.74. The first-order valence-corrected chi connectivity index (χ1v) is 1.13. The molecular weight excluding hydrogens is 335 g/mol. The molecule has 0 saturated heterocycles. The summed E-state index contributed by atoms with van der Waals surface area (Å²) in [5.74, 6) is 0. The third-order valence-corrected chi connectivity index (χ3v) is 0. The van der Waals surface area contributed by atoms with Crippen LogP contribution in [-0.2, 0) is 22.4 Å². The SMILES string of the molecule is F[C-](F)F.F[C-](F)F.[Au]. The van der Waals surface area contributed by atoms with Crippen LogP contribution in [-0.4, -0.2) is 0 Å². The van der Waals surface area contributed by atoms with E-state index in [0.29, 0.717) is 0 Å². The second-order valence-corrected chi connectivity index (χ2v) is 0.429. The monoisotopic (exact) mass is 335 g/mol. The number of hydrogen-bond donors (Lipinski definition) is 0. The van der Waals surface area contributed by atoms with Crippen molar-refractivity contribution in [2.24, 2.45) is 0 Å². The van der Waals surface area contributed by atoms with Crippen LogP contribution in [0, 0.1) is 13.4 Å². The molecule has 0 atom stereocenters. The summed E-state index contributed by atoms with van der Waals surface area (Å²) in [4.78, 5) is 0. The zero-order valence-electron chi connectivity index (χ0n) is 3.57. The standard InChI is InChI=1S/2CF3.Au/c2*2-1(3)4;/q2*-1;. The average Bonchev–Trinajstić information content (AvgIpc) is 1.25. The van der Waals surface area contributed by atoms with Gasteiger partial charge in [0.25, 0.3) is 0 Å². The minimum Gasteiger partial charge on any atom is -0.385 e. The Labute approximate surface area is 62.7 Å². The van der Waals surface area contributed by atoms with E-state index >= 15 is 0 Å². The van der Waals surface area contributed by atoms with Crippen LogP contribution in [0.2, 0.25) is 0 Å². The van der Waals surface area contributed by atoms with Gasteiger partial charge in [0.2, 0.25) is 0 Å². The van der Waals surface area contributed by atoms with E-state index in [9.17, 15) is 26.3 Å². The van der Waals surface area contributed by atoms with Crippen LogP contribution in [0.25, 0.3) is 0 Å². The van der Waals surface area contributed by atoms with Gasteiger partial charge in [-0.25, -0.2) is 0 Å². The normalized spacial score (nSPS) is 8.00. The summed E-state index contributed by atoms with van der Waals surface area (Å²) in [6.45, 7) is -6.17. The van der Waals surface area contributed by atoms with Crippen molar-refractivity contribution in [1.29, 1.82) is 0 Å². The summed E-state index contributed by atoms with van der Waals surface area (Å²) in [6.07, 6.45) is 0. The fraction of sp³-hybridized carbons (Fsp3) is 0. The van der Waals surface area contributed by atoms with Crippen molar-refractivity contribution in [2.45, 2.75) is 0 Å². The Kier molecular flexibility index (Phi) is 20.0. The Morgan fingerprint density at radius 3 is 0.556 bits per heavy atom. The molecule has 0 aliphatic heterocycles. The largest absolute Gasteiger partial charge is 0.385 e. The Hall–Kier alpha value is 0.320. The number of rotatable bonds is 0. The minimum absolute atomic E-state index is 0. The maximum absolute atomic E-state index is 9.58. The predicted molar refractivity (Wildman–Crippen MR) is 13.1 cm³/mol. The molecule has 63 valence electrons. The molecule has 0 unspecified atom stereocenters. The maximum Gasteiger partial charge on any atom is 0.154 e. The Bertz CT molecular complexity index is 26.5. The van der Waals surface area contributed by atoms with E-state index in [4.69, 9.17) is 0 Å². The summed E-state index contributed by atoms with van der Waals surface area (Å²) in [6, 6.07) is 0. The van der Waals surface area contributed by atoms with Gasteiger partial charge in [-0.3, -0.25) is 0 Å². The third-order valence-electron chi connectivity index (χ3n) is 0. The zero-order chi connectivity index (χ0) is 7.15. The number of halogens is 6. The topological polar surface area (TPSA) is 0 Å². The van der Waals surface area contributed by atoms with E-state index in [1.165, 1.54) is 0 Å². The second-order valence-electron chi connectivity index (χ2n) is 0.429. The molecule has 7 heteroatoms. The molecule has 9 heavy (non-hydrogen) atoms. The molecule has 0 amide bonds. The quantitative estimate of drug-likeness (QED) is 0.363. The van der Waals surface area contributed by atoms with Gasteiger partial charge in [-0.15, -0.1) is 0 Å². The van der Waals surface area contributed by atoms with Crippen molar-refractivity contribution < 1.29 is 48.7 Å². The first-order chi connectivity index (χ1) is 3.46. The molecule has 0 aliphatic rings. The average molecular weight is 335 g/mol. The molecule has 0 saturated carbocycles. The first kappa shape index (κ1) is 16.2. The molecule has 1 radical (unpaired) electrons. The molecular formula is C2AuF6-2. The second kappa shape index (κ2) is 11.2. The summed E-state index contributed by atoms with van der Waals surface area (Å²) in [7, 11) is 0. The number of hydrogen-bond acceptors (Lipinski definition) is 0. The van der Waals surface area contributed by atoms with E-state index in [-0.39, 0.29) is 22.4 Å². The van der Waals surface area contributed by atoms with Crippen LogP contribution in [0.5, 0.6) is 0 Å². The Balaban J connectivity index is -0.0000000720. The summed E-state index contributed by atoms with van der Waals surface area (Å²) in [5, 5.41) is 0. The van der Waals surface area contributed by atoms with Crippen LogP contribution in [0.1, 0.15) is 0 Å². The van der Waals surface area contributed by atoms with Gasteiger partial charge in [-0.05, 0) is 0 Å². The molecule has 0 heterocycles. The van der Waals surface area contributed by atoms with Gasteiger partial charge in [0.05, 0.1) is 0 Å². The molecule has 0 spiro atoms. The van der Waals surface area contributed by atoms with E-state index in [0.717, 1.165) is 0 Å². The molecule has 0 bridgehead atoms. The molecule has 0 N–H and O–H groups in total. The minimum atomic E-state index is -3.08. The predicted octanol–water partition coefficient (Wildman–Crippen LogP) is 2.68.